The molecule has 1 N–H and O–H groups in total. The third-order valence-corrected chi connectivity index (χ3v) is 4.23. The first-order chi connectivity index (χ1) is 7.64. The second kappa shape index (κ2) is 6.61. The van der Waals surface area contributed by atoms with E-state index in [2.05, 4.69) is 38.2 Å². The van der Waals surface area contributed by atoms with Crippen molar-refractivity contribution in [3.63, 3.8) is 0 Å². The fourth-order valence-electron chi connectivity index (χ4n) is 2.75. The number of nitrogens with zero attached hydrogens (tertiary/aromatic N) is 1. The van der Waals surface area contributed by atoms with Gasteiger partial charge in [0.25, 0.3) is 0 Å². The molecule has 0 aromatic rings. The highest BCUT2D eigenvalue weighted by Crippen LogP contribution is 2.35. The smallest absolute Gasteiger partial charge is 0.0328 e. The van der Waals surface area contributed by atoms with Crippen LogP contribution in [-0.2, 0) is 0 Å². The number of hydrogen-bond acceptors (Lipinski definition) is 2. The van der Waals surface area contributed by atoms with Gasteiger partial charge in [-0.05, 0) is 46.2 Å². The van der Waals surface area contributed by atoms with E-state index in [-0.39, 0.29) is 0 Å². The number of rotatable bonds is 8. The first-order valence-electron chi connectivity index (χ1n) is 7.05. The van der Waals surface area contributed by atoms with Crippen LogP contribution in [0.25, 0.3) is 0 Å². The van der Waals surface area contributed by atoms with E-state index >= 15 is 0 Å². The van der Waals surface area contributed by atoms with E-state index in [0.717, 1.165) is 6.04 Å². The lowest BCUT2D eigenvalue weighted by Crippen LogP contribution is -2.57. The Morgan fingerprint density at radius 1 is 1.12 bits per heavy atom. The van der Waals surface area contributed by atoms with E-state index < -0.39 is 0 Å². The molecule has 16 heavy (non-hydrogen) atoms. The van der Waals surface area contributed by atoms with Crippen molar-refractivity contribution in [2.24, 2.45) is 0 Å². The Hall–Kier alpha value is -0.0800. The van der Waals surface area contributed by atoms with Crippen molar-refractivity contribution in [2.45, 2.75) is 70.4 Å². The number of nitrogens with one attached hydrogen (secondary N) is 1. The Labute approximate surface area is 102 Å². The van der Waals surface area contributed by atoms with E-state index in [1.54, 1.807) is 0 Å². The Morgan fingerprint density at radius 3 is 2.00 bits per heavy atom. The molecular weight excluding hydrogens is 196 g/mol. The zero-order valence-corrected chi connectivity index (χ0v) is 11.7. The molecule has 0 atom stereocenters. The molecule has 96 valence electrons. The molecule has 0 aromatic carbocycles. The standard InChI is InChI=1S/C14H30N2/c1-5-8-13(9-6-2)15-12-14(16(3)4)10-7-11-14/h13,15H,5-12H2,1-4H3. The Morgan fingerprint density at radius 2 is 1.69 bits per heavy atom. The van der Waals surface area contributed by atoms with Gasteiger partial charge < -0.3 is 10.2 Å². The molecule has 0 saturated heterocycles. The molecule has 0 spiro atoms. The Kier molecular flexibility index (Phi) is 5.77. The second-order valence-corrected chi connectivity index (χ2v) is 5.63. The molecule has 1 aliphatic rings. The van der Waals surface area contributed by atoms with Gasteiger partial charge in [0.15, 0.2) is 0 Å². The minimum absolute atomic E-state index is 0.472. The van der Waals surface area contributed by atoms with Crippen molar-refractivity contribution in [2.75, 3.05) is 20.6 Å². The lowest BCUT2D eigenvalue weighted by atomic mass is 9.75. The van der Waals surface area contributed by atoms with Gasteiger partial charge in [-0.25, -0.2) is 0 Å². The number of likely N-dealkylation sites (N-methyl/N-ethyl adjacent to an activating group) is 1. The molecule has 0 radical (unpaired) electrons. The average Bonchev–Trinajstić information content (AvgIpc) is 2.16. The molecule has 1 aliphatic carbocycles. The summed E-state index contributed by atoms with van der Waals surface area (Å²) >= 11 is 0. The summed E-state index contributed by atoms with van der Waals surface area (Å²) in [5.41, 5.74) is 0.472. The molecule has 0 unspecified atom stereocenters. The maximum Gasteiger partial charge on any atom is 0.0328 e. The SMILES string of the molecule is CCCC(CCC)NCC1(N(C)C)CCC1. The van der Waals surface area contributed by atoms with Crippen LogP contribution >= 0.6 is 0 Å². The van der Waals surface area contributed by atoms with Gasteiger partial charge in [-0.3, -0.25) is 0 Å². The summed E-state index contributed by atoms with van der Waals surface area (Å²) < 4.78 is 0. The highest BCUT2D eigenvalue weighted by atomic mass is 15.2. The molecule has 0 amide bonds. The monoisotopic (exact) mass is 226 g/mol. The van der Waals surface area contributed by atoms with Crippen LogP contribution in [-0.4, -0.2) is 37.1 Å². The zero-order valence-electron chi connectivity index (χ0n) is 11.7. The molecule has 1 fully saturated rings. The minimum Gasteiger partial charge on any atom is -0.312 e. The Balaban J connectivity index is 2.34. The van der Waals surface area contributed by atoms with E-state index in [9.17, 15) is 0 Å². The van der Waals surface area contributed by atoms with Crippen molar-refractivity contribution in [1.82, 2.24) is 10.2 Å². The van der Waals surface area contributed by atoms with Crippen molar-refractivity contribution < 1.29 is 0 Å². The normalized spacial score (nSPS) is 19.1. The van der Waals surface area contributed by atoms with Gasteiger partial charge >= 0.3 is 0 Å². The largest absolute Gasteiger partial charge is 0.312 e. The summed E-state index contributed by atoms with van der Waals surface area (Å²) in [5, 5.41) is 3.80. The second-order valence-electron chi connectivity index (χ2n) is 5.63. The summed E-state index contributed by atoms with van der Waals surface area (Å²) in [4.78, 5) is 2.43. The van der Waals surface area contributed by atoms with Crippen LogP contribution in [0, 0.1) is 0 Å². The van der Waals surface area contributed by atoms with E-state index in [0.29, 0.717) is 5.54 Å². The lowest BCUT2D eigenvalue weighted by molar-refractivity contribution is 0.0563. The van der Waals surface area contributed by atoms with Gasteiger partial charge in [0.2, 0.25) is 0 Å². The molecule has 2 heteroatoms. The van der Waals surface area contributed by atoms with Crippen molar-refractivity contribution in [1.29, 1.82) is 0 Å². The summed E-state index contributed by atoms with van der Waals surface area (Å²) in [6, 6.07) is 0.743. The van der Waals surface area contributed by atoms with Crippen LogP contribution in [0.5, 0.6) is 0 Å². The highest BCUT2D eigenvalue weighted by Gasteiger charge is 2.38. The van der Waals surface area contributed by atoms with Gasteiger partial charge in [-0.2, -0.15) is 0 Å². The molecule has 2 nitrogen and oxygen atoms in total. The van der Waals surface area contributed by atoms with Crippen LogP contribution < -0.4 is 5.32 Å². The van der Waals surface area contributed by atoms with Crippen LogP contribution in [0.3, 0.4) is 0 Å². The summed E-state index contributed by atoms with van der Waals surface area (Å²) in [6.07, 6.45) is 9.41. The van der Waals surface area contributed by atoms with Gasteiger partial charge in [-0.1, -0.05) is 26.7 Å². The fraction of sp³-hybridized carbons (Fsp3) is 1.00. The summed E-state index contributed by atoms with van der Waals surface area (Å²) in [7, 11) is 4.46. The third kappa shape index (κ3) is 3.46. The van der Waals surface area contributed by atoms with Gasteiger partial charge in [-0.15, -0.1) is 0 Å². The van der Waals surface area contributed by atoms with Crippen LogP contribution in [0.2, 0.25) is 0 Å². The van der Waals surface area contributed by atoms with Crippen LogP contribution in [0.4, 0.5) is 0 Å². The molecule has 1 saturated carbocycles. The van der Waals surface area contributed by atoms with E-state index in [1.165, 1.54) is 51.5 Å². The topological polar surface area (TPSA) is 15.3 Å². The van der Waals surface area contributed by atoms with Crippen molar-refractivity contribution >= 4 is 0 Å². The average molecular weight is 226 g/mol. The van der Waals surface area contributed by atoms with Gasteiger partial charge in [0.05, 0.1) is 0 Å². The first-order valence-corrected chi connectivity index (χ1v) is 7.05. The molecular formula is C14H30N2. The Bertz CT molecular complexity index is 179. The van der Waals surface area contributed by atoms with Gasteiger partial charge in [0, 0.05) is 18.1 Å². The van der Waals surface area contributed by atoms with E-state index in [1.807, 2.05) is 0 Å². The maximum absolute atomic E-state index is 3.80. The summed E-state index contributed by atoms with van der Waals surface area (Å²) in [5.74, 6) is 0. The highest BCUT2D eigenvalue weighted by molar-refractivity contribution is 4.98. The zero-order chi connectivity index (χ0) is 12.0. The van der Waals surface area contributed by atoms with E-state index in [4.69, 9.17) is 0 Å². The predicted molar refractivity (Wildman–Crippen MR) is 71.9 cm³/mol. The third-order valence-electron chi connectivity index (χ3n) is 4.23. The molecule has 0 aromatic heterocycles. The predicted octanol–water partition coefficient (Wildman–Crippen LogP) is 3.03. The molecule has 0 aliphatic heterocycles. The lowest BCUT2D eigenvalue weighted by Gasteiger charge is -2.48. The number of hydrogen-bond donors (Lipinski definition) is 1. The van der Waals surface area contributed by atoms with Gasteiger partial charge in [0.1, 0.15) is 0 Å². The van der Waals surface area contributed by atoms with Crippen molar-refractivity contribution in [3.8, 4) is 0 Å². The van der Waals surface area contributed by atoms with Crippen LogP contribution in [0.15, 0.2) is 0 Å². The minimum atomic E-state index is 0.472. The molecule has 0 bridgehead atoms. The molecule has 1 rings (SSSR count). The van der Waals surface area contributed by atoms with Crippen molar-refractivity contribution in [3.05, 3.63) is 0 Å². The quantitative estimate of drug-likeness (QED) is 0.684. The maximum atomic E-state index is 3.80. The fourth-order valence-corrected chi connectivity index (χ4v) is 2.75. The molecule has 0 heterocycles. The first kappa shape index (κ1) is 14.0. The van der Waals surface area contributed by atoms with Crippen LogP contribution in [0.1, 0.15) is 58.8 Å². The summed E-state index contributed by atoms with van der Waals surface area (Å²) in [6.45, 7) is 5.76.